The van der Waals surface area contributed by atoms with E-state index >= 15 is 0 Å². The number of hydrogen-bond donors (Lipinski definition) is 1. The Morgan fingerprint density at radius 2 is 2.38 bits per heavy atom. The van der Waals surface area contributed by atoms with Crippen LogP contribution in [0.5, 0.6) is 5.75 Å². The molecular weight excluding hydrogens is 172 g/mol. The van der Waals surface area contributed by atoms with Crippen molar-refractivity contribution < 1.29 is 14.8 Å². The van der Waals surface area contributed by atoms with Gasteiger partial charge in [0.2, 0.25) is 5.28 Å². The van der Waals surface area contributed by atoms with E-state index in [1.807, 2.05) is 6.92 Å². The van der Waals surface area contributed by atoms with Crippen LogP contribution in [0.1, 0.15) is 6.92 Å². The second-order valence-corrected chi connectivity index (χ2v) is 2.29. The number of rotatable bonds is 3. The van der Waals surface area contributed by atoms with Crippen molar-refractivity contribution in [3.05, 3.63) is 29.5 Å². The third-order valence-electron chi connectivity index (χ3n) is 1.43. The first-order valence-corrected chi connectivity index (χ1v) is 3.83. The van der Waals surface area contributed by atoms with Gasteiger partial charge in [0.25, 0.3) is 5.69 Å². The van der Waals surface area contributed by atoms with Gasteiger partial charge in [-0.25, -0.2) is 0 Å². The third-order valence-corrected chi connectivity index (χ3v) is 1.43. The molecule has 0 spiro atoms. The molecule has 0 saturated carbocycles. The fourth-order valence-electron chi connectivity index (χ4n) is 0.911. The number of nitrogens with zero attached hydrogens (tertiary/aromatic N) is 2. The molecule has 0 amide bonds. The fourth-order valence-corrected chi connectivity index (χ4v) is 0.911. The maximum absolute atomic E-state index is 10.8. The summed E-state index contributed by atoms with van der Waals surface area (Å²) in [7, 11) is 0. The van der Waals surface area contributed by atoms with Gasteiger partial charge >= 0.3 is 0 Å². The molecule has 1 aromatic carbocycles. The summed E-state index contributed by atoms with van der Waals surface area (Å²) in [6.45, 7) is 2.37. The minimum Gasteiger partial charge on any atom is -0.592 e. The minimum absolute atomic E-state index is 0.114. The van der Waals surface area contributed by atoms with Crippen molar-refractivity contribution in [2.45, 2.75) is 6.92 Å². The molecule has 0 aromatic heterocycles. The predicted octanol–water partition coefficient (Wildman–Crippen LogP) is 2.07. The third kappa shape index (κ3) is 2.33. The molecule has 0 saturated heterocycles. The highest BCUT2D eigenvalue weighted by Crippen LogP contribution is 2.19. The van der Waals surface area contributed by atoms with Gasteiger partial charge in [-0.3, -0.25) is 0 Å². The lowest BCUT2D eigenvalue weighted by Crippen LogP contribution is -1.94. The van der Waals surface area contributed by atoms with Crippen LogP contribution in [0.2, 0.25) is 0 Å². The van der Waals surface area contributed by atoms with Gasteiger partial charge in [0.15, 0.2) is 0 Å². The average Bonchev–Trinajstić information content (AvgIpc) is 2.18. The van der Waals surface area contributed by atoms with Gasteiger partial charge in [0.1, 0.15) is 5.75 Å². The van der Waals surface area contributed by atoms with Crippen LogP contribution in [0.3, 0.4) is 0 Å². The average molecular weight is 182 g/mol. The normalized spacial score (nSPS) is 11.3. The van der Waals surface area contributed by atoms with Gasteiger partial charge in [0, 0.05) is 6.07 Å². The van der Waals surface area contributed by atoms with Crippen molar-refractivity contribution in [3.8, 4) is 5.75 Å². The van der Waals surface area contributed by atoms with Crippen molar-refractivity contribution in [2.75, 3.05) is 6.61 Å². The van der Waals surface area contributed by atoms with Gasteiger partial charge in [-0.1, -0.05) is 6.07 Å². The molecule has 1 N–H and O–H groups in total. The predicted molar refractivity (Wildman–Crippen MR) is 45.1 cm³/mol. The Balaban J connectivity index is 2.91. The monoisotopic (exact) mass is 182 g/mol. The lowest BCUT2D eigenvalue weighted by atomic mass is 10.3. The molecular formula is C8H10N2O3. The van der Waals surface area contributed by atoms with E-state index in [1.54, 1.807) is 12.1 Å². The first-order chi connectivity index (χ1) is 6.27. The summed E-state index contributed by atoms with van der Waals surface area (Å²) in [4.78, 5) is 0.114. The van der Waals surface area contributed by atoms with Crippen LogP contribution in [0, 0.1) is 5.21 Å². The molecule has 0 heterocycles. The summed E-state index contributed by atoms with van der Waals surface area (Å²) in [5.74, 6) is 0.574. The van der Waals surface area contributed by atoms with E-state index in [2.05, 4.69) is 5.28 Å². The van der Waals surface area contributed by atoms with Crippen LogP contribution in [-0.4, -0.2) is 16.7 Å². The molecule has 5 heteroatoms. The Bertz CT molecular complexity index is 312. The lowest BCUT2D eigenvalue weighted by Gasteiger charge is -2.02. The maximum Gasteiger partial charge on any atom is 0.251 e. The number of hydrogen-bond acceptors (Lipinski definition) is 3. The Labute approximate surface area is 75.4 Å². The molecule has 1 rings (SSSR count). The van der Waals surface area contributed by atoms with Gasteiger partial charge in [0.05, 0.1) is 12.7 Å². The topological polar surface area (TPSA) is 67.9 Å². The molecule has 0 aliphatic heterocycles. The first kappa shape index (κ1) is 9.31. The Kier molecular flexibility index (Phi) is 3.08. The summed E-state index contributed by atoms with van der Waals surface area (Å²) < 4.78 is 5.15. The van der Waals surface area contributed by atoms with E-state index in [4.69, 9.17) is 9.94 Å². The smallest absolute Gasteiger partial charge is 0.251 e. The molecule has 13 heavy (non-hydrogen) atoms. The van der Waals surface area contributed by atoms with Crippen molar-refractivity contribution in [2.24, 2.45) is 5.28 Å². The van der Waals surface area contributed by atoms with E-state index < -0.39 is 0 Å². The SMILES string of the molecule is CCOc1cccc([N+]([O-])=NO)c1. The molecule has 0 unspecified atom stereocenters. The maximum atomic E-state index is 10.8. The van der Waals surface area contributed by atoms with Gasteiger partial charge in [-0.2, -0.15) is 0 Å². The van der Waals surface area contributed by atoms with Gasteiger partial charge < -0.3 is 15.2 Å². The molecule has 5 nitrogen and oxygen atoms in total. The van der Waals surface area contributed by atoms with E-state index in [0.717, 1.165) is 0 Å². The summed E-state index contributed by atoms with van der Waals surface area (Å²) in [5, 5.41) is 21.5. The van der Waals surface area contributed by atoms with Gasteiger partial charge in [-0.05, 0) is 17.9 Å². The Morgan fingerprint density at radius 1 is 1.62 bits per heavy atom. The van der Waals surface area contributed by atoms with Gasteiger partial charge in [-0.15, -0.1) is 0 Å². The second-order valence-electron chi connectivity index (χ2n) is 2.29. The lowest BCUT2D eigenvalue weighted by molar-refractivity contribution is -0.473. The van der Waals surface area contributed by atoms with Crippen LogP contribution < -0.4 is 4.74 Å². The molecule has 0 atom stereocenters. The fraction of sp³-hybridized carbons (Fsp3) is 0.250. The van der Waals surface area contributed by atoms with Crippen LogP contribution in [-0.2, 0) is 0 Å². The molecule has 0 aliphatic carbocycles. The molecule has 0 radical (unpaired) electrons. The first-order valence-electron chi connectivity index (χ1n) is 3.83. The summed E-state index contributed by atoms with van der Waals surface area (Å²) in [6, 6.07) is 6.39. The highest BCUT2D eigenvalue weighted by molar-refractivity contribution is 5.37. The van der Waals surface area contributed by atoms with E-state index in [9.17, 15) is 5.21 Å². The van der Waals surface area contributed by atoms with E-state index in [0.29, 0.717) is 12.4 Å². The van der Waals surface area contributed by atoms with Crippen LogP contribution in [0.25, 0.3) is 0 Å². The molecule has 0 fully saturated rings. The molecule has 0 bridgehead atoms. The van der Waals surface area contributed by atoms with Crippen molar-refractivity contribution in [1.29, 1.82) is 0 Å². The van der Waals surface area contributed by atoms with Crippen molar-refractivity contribution >= 4 is 5.69 Å². The summed E-state index contributed by atoms with van der Waals surface area (Å²) >= 11 is 0. The minimum atomic E-state index is 0.114. The highest BCUT2D eigenvalue weighted by atomic mass is 16.6. The van der Waals surface area contributed by atoms with E-state index in [1.165, 1.54) is 12.1 Å². The Hall–Kier alpha value is -1.78. The number of ether oxygens (including phenoxy) is 1. The standard InChI is InChI=1S/C8H10N2O3/c1-2-13-8-5-3-4-7(6-8)10(12)9-11/h3-6,11H,2H2,1H3. The Morgan fingerprint density at radius 3 is 3.00 bits per heavy atom. The van der Waals surface area contributed by atoms with Crippen molar-refractivity contribution in [1.82, 2.24) is 0 Å². The largest absolute Gasteiger partial charge is 0.592 e. The molecule has 1 aromatic rings. The van der Waals surface area contributed by atoms with Crippen molar-refractivity contribution in [3.63, 3.8) is 0 Å². The molecule has 70 valence electrons. The zero-order chi connectivity index (χ0) is 9.68. The highest BCUT2D eigenvalue weighted by Gasteiger charge is 2.04. The summed E-state index contributed by atoms with van der Waals surface area (Å²) in [5.41, 5.74) is 0.230. The van der Waals surface area contributed by atoms with Crippen LogP contribution in [0.15, 0.2) is 29.5 Å². The molecule has 0 aliphatic rings. The summed E-state index contributed by atoms with van der Waals surface area (Å²) in [6.07, 6.45) is 0. The van der Waals surface area contributed by atoms with Crippen LogP contribution >= 0.6 is 0 Å². The van der Waals surface area contributed by atoms with E-state index in [-0.39, 0.29) is 10.5 Å². The quantitative estimate of drug-likeness (QED) is 0.442. The number of benzene rings is 1. The zero-order valence-corrected chi connectivity index (χ0v) is 7.17. The zero-order valence-electron chi connectivity index (χ0n) is 7.17. The second kappa shape index (κ2) is 4.30. The van der Waals surface area contributed by atoms with Crippen LogP contribution in [0.4, 0.5) is 5.69 Å².